The highest BCUT2D eigenvalue weighted by Crippen LogP contribution is 2.41. The minimum atomic E-state index is -5.16. The van der Waals surface area contributed by atoms with Gasteiger partial charge in [-0.15, -0.1) is 0 Å². The summed E-state index contributed by atoms with van der Waals surface area (Å²) in [5.74, 6) is -6.55. The molecule has 0 amide bonds. The molecule has 0 aliphatic heterocycles. The molecule has 0 aromatic heterocycles. The maximum Gasteiger partial charge on any atom is 0.446 e. The highest BCUT2D eigenvalue weighted by Gasteiger charge is 2.62. The van der Waals surface area contributed by atoms with Crippen molar-refractivity contribution < 1.29 is 46.2 Å². The van der Waals surface area contributed by atoms with Gasteiger partial charge in [-0.3, -0.25) is 28.5 Å². The largest absolute Gasteiger partial charge is 0.506 e. The van der Waals surface area contributed by atoms with E-state index < -0.39 is 73.1 Å². The number of nitrogens with one attached hydrogen (secondary N) is 1. The summed E-state index contributed by atoms with van der Waals surface area (Å²) in [6.07, 6.45) is 4.70. The average molecular weight is 557 g/mol. The minimum Gasteiger partial charge on any atom is -0.506 e. The number of carbonyl (C=O) groups is 5. The van der Waals surface area contributed by atoms with Gasteiger partial charge in [0.05, 0.1) is 11.3 Å². The lowest BCUT2D eigenvalue weighted by Gasteiger charge is -2.43. The first-order chi connectivity index (χ1) is 17.5. The first kappa shape index (κ1) is 32.9. The van der Waals surface area contributed by atoms with Gasteiger partial charge < -0.3 is 20.3 Å². The maximum absolute atomic E-state index is 13.3. The third-order valence-corrected chi connectivity index (χ3v) is 6.84. The average Bonchev–Trinajstić information content (AvgIpc) is 2.79. The van der Waals surface area contributed by atoms with Crippen LogP contribution in [0.2, 0.25) is 0 Å². The highest BCUT2D eigenvalue weighted by molar-refractivity contribution is 7.81. The van der Waals surface area contributed by atoms with Gasteiger partial charge in [-0.05, 0) is 46.2 Å². The number of ketones is 5. The van der Waals surface area contributed by atoms with Crippen molar-refractivity contribution in [1.29, 1.82) is 0 Å². The van der Waals surface area contributed by atoms with Crippen LogP contribution >= 0.6 is 0 Å². The summed E-state index contributed by atoms with van der Waals surface area (Å²) in [7, 11) is -5.16. The van der Waals surface area contributed by atoms with Gasteiger partial charge in [-0.25, -0.2) is 0 Å². The molecule has 1 aromatic rings. The lowest BCUT2D eigenvalue weighted by Crippen LogP contribution is -2.77. The standard InChI is InChI=1S/C25H36N2O10S/c1-6-7-8-9-10-11-12-19(32)22-21(37-38(34,35)36)14-13-20(33)23(22)27-25(17(4)30,18(5)31)24(26,15(2)28)16(3)29/h13-14,27,33H,6-12,26H2,1-5H3,(H,34,35,36). The minimum absolute atomic E-state index is 0.160. The Hall–Kier alpha value is -3.16. The van der Waals surface area contributed by atoms with E-state index in [0.29, 0.717) is 12.8 Å². The van der Waals surface area contributed by atoms with Gasteiger partial charge in [-0.1, -0.05) is 39.0 Å². The van der Waals surface area contributed by atoms with Crippen molar-refractivity contribution in [2.75, 3.05) is 5.32 Å². The molecule has 0 heterocycles. The van der Waals surface area contributed by atoms with E-state index in [9.17, 15) is 42.0 Å². The summed E-state index contributed by atoms with van der Waals surface area (Å²) < 4.78 is 36.8. The van der Waals surface area contributed by atoms with Crippen molar-refractivity contribution in [2.24, 2.45) is 5.73 Å². The Kier molecular flexibility index (Phi) is 11.3. The van der Waals surface area contributed by atoms with E-state index in [1.54, 1.807) is 0 Å². The third kappa shape index (κ3) is 7.03. The zero-order chi connectivity index (χ0) is 29.5. The Morgan fingerprint density at radius 3 is 1.84 bits per heavy atom. The number of carbonyl (C=O) groups excluding carboxylic acids is 5. The Balaban J connectivity index is 3.84. The van der Waals surface area contributed by atoms with Crippen LogP contribution in [0.4, 0.5) is 5.69 Å². The molecule has 1 rings (SSSR count). The van der Waals surface area contributed by atoms with Crippen molar-refractivity contribution in [3.63, 3.8) is 0 Å². The summed E-state index contributed by atoms with van der Waals surface area (Å²) >= 11 is 0. The fourth-order valence-corrected chi connectivity index (χ4v) is 4.76. The molecule has 0 saturated heterocycles. The van der Waals surface area contributed by atoms with Crippen LogP contribution in [0.5, 0.6) is 11.5 Å². The normalized spacial score (nSPS) is 12.1. The van der Waals surface area contributed by atoms with Gasteiger partial charge in [0.1, 0.15) is 5.75 Å². The Morgan fingerprint density at radius 2 is 1.39 bits per heavy atom. The van der Waals surface area contributed by atoms with E-state index in [2.05, 4.69) is 9.50 Å². The second-order valence-corrected chi connectivity index (χ2v) is 10.2. The number of phenols is 1. The van der Waals surface area contributed by atoms with Gasteiger partial charge in [-0.2, -0.15) is 8.42 Å². The number of hydrogen-bond acceptors (Lipinski definition) is 11. The molecule has 12 nitrogen and oxygen atoms in total. The van der Waals surface area contributed by atoms with E-state index in [0.717, 1.165) is 65.5 Å². The molecule has 0 fully saturated rings. The molecule has 5 N–H and O–H groups in total. The van der Waals surface area contributed by atoms with Gasteiger partial charge in [0.2, 0.25) is 0 Å². The van der Waals surface area contributed by atoms with Gasteiger partial charge >= 0.3 is 10.4 Å². The second-order valence-electron chi connectivity index (χ2n) is 9.19. The van der Waals surface area contributed by atoms with E-state index in [1.807, 2.05) is 6.92 Å². The van der Waals surface area contributed by atoms with Crippen LogP contribution in [0, 0.1) is 0 Å². The molecule has 0 spiro atoms. The van der Waals surface area contributed by atoms with Crippen molar-refractivity contribution in [3.05, 3.63) is 17.7 Å². The Morgan fingerprint density at radius 1 is 0.895 bits per heavy atom. The topological polar surface area (TPSA) is 207 Å². The molecule has 1 aromatic carbocycles. The molecule has 0 aliphatic rings. The highest BCUT2D eigenvalue weighted by atomic mass is 32.3. The Bertz CT molecular complexity index is 1180. The third-order valence-electron chi connectivity index (χ3n) is 6.45. The second kappa shape index (κ2) is 13.1. The van der Waals surface area contributed by atoms with Gasteiger partial charge in [0.15, 0.2) is 45.7 Å². The van der Waals surface area contributed by atoms with E-state index in [1.165, 1.54) is 0 Å². The monoisotopic (exact) mass is 556 g/mol. The Labute approximate surface area is 222 Å². The molecule has 212 valence electrons. The van der Waals surface area contributed by atoms with E-state index in [-0.39, 0.29) is 6.42 Å². The summed E-state index contributed by atoms with van der Waals surface area (Å²) in [6, 6.07) is 1.76. The molecular formula is C25H36N2O10S. The summed E-state index contributed by atoms with van der Waals surface area (Å²) in [4.78, 5) is 64.5. The van der Waals surface area contributed by atoms with Crippen LogP contribution in [-0.4, -0.2) is 58.1 Å². The number of aromatic hydroxyl groups is 1. The smallest absolute Gasteiger partial charge is 0.446 e. The number of benzene rings is 1. The number of hydrogen-bond donors (Lipinski definition) is 4. The maximum atomic E-state index is 13.3. The van der Waals surface area contributed by atoms with Crippen molar-refractivity contribution in [3.8, 4) is 11.5 Å². The zero-order valence-electron chi connectivity index (χ0n) is 22.3. The van der Waals surface area contributed by atoms with E-state index >= 15 is 0 Å². The molecule has 0 bridgehead atoms. The molecule has 0 atom stereocenters. The van der Waals surface area contributed by atoms with Gasteiger partial charge in [0.25, 0.3) is 0 Å². The lowest BCUT2D eigenvalue weighted by molar-refractivity contribution is -0.146. The number of rotatable bonds is 17. The van der Waals surface area contributed by atoms with Crippen LogP contribution < -0.4 is 15.2 Å². The van der Waals surface area contributed by atoms with Crippen LogP contribution in [0.1, 0.15) is 89.9 Å². The van der Waals surface area contributed by atoms with Crippen LogP contribution in [0.25, 0.3) is 0 Å². The number of unbranched alkanes of at least 4 members (excludes halogenated alkanes) is 5. The fourth-order valence-electron chi connectivity index (χ4n) is 4.39. The number of Topliss-reactive ketones (excluding diaryl/α,β-unsaturated/α-hetero) is 5. The zero-order valence-corrected chi connectivity index (χ0v) is 23.1. The first-order valence-corrected chi connectivity index (χ1v) is 13.5. The predicted molar refractivity (Wildman–Crippen MR) is 139 cm³/mol. The van der Waals surface area contributed by atoms with Crippen molar-refractivity contribution in [1.82, 2.24) is 0 Å². The number of nitrogens with two attached hydrogens (primary N) is 1. The fraction of sp³-hybridized carbons (Fsp3) is 0.560. The first-order valence-electron chi connectivity index (χ1n) is 12.1. The molecule has 0 unspecified atom stereocenters. The van der Waals surface area contributed by atoms with Crippen molar-refractivity contribution >= 4 is 45.0 Å². The molecule has 38 heavy (non-hydrogen) atoms. The van der Waals surface area contributed by atoms with Crippen LogP contribution in [0.15, 0.2) is 12.1 Å². The predicted octanol–water partition coefficient (Wildman–Crippen LogP) is 2.71. The molecule has 0 aliphatic carbocycles. The quantitative estimate of drug-likeness (QED) is 0.0718. The SMILES string of the molecule is CCCCCCCCC(=O)c1c(OS(=O)(=O)O)ccc(O)c1NC(C(C)=O)(C(C)=O)C(N)(C(C)=O)C(C)=O. The molecule has 0 saturated carbocycles. The number of anilines is 1. The summed E-state index contributed by atoms with van der Waals surface area (Å²) in [5, 5.41) is 13.1. The lowest BCUT2D eigenvalue weighted by atomic mass is 9.67. The molecule has 0 radical (unpaired) electrons. The van der Waals surface area contributed by atoms with E-state index in [4.69, 9.17) is 5.73 Å². The summed E-state index contributed by atoms with van der Waals surface area (Å²) in [6.45, 7) is 5.61. The van der Waals surface area contributed by atoms with Crippen LogP contribution in [-0.2, 0) is 29.6 Å². The summed E-state index contributed by atoms with van der Waals surface area (Å²) in [5.41, 5.74) is -0.738. The number of phenolic OH excluding ortho intramolecular Hbond substituents is 1. The molecular weight excluding hydrogens is 520 g/mol. The van der Waals surface area contributed by atoms with Crippen LogP contribution in [0.3, 0.4) is 0 Å². The van der Waals surface area contributed by atoms with Gasteiger partial charge in [0, 0.05) is 6.42 Å². The molecule has 13 heteroatoms. The van der Waals surface area contributed by atoms with Crippen molar-refractivity contribution in [2.45, 2.75) is 90.6 Å².